The maximum atomic E-state index is 14.1. The molecule has 11 nitrogen and oxygen atoms in total. The Morgan fingerprint density at radius 1 is 1.08 bits per heavy atom. The number of alkyl halides is 3. The molecule has 49 heavy (non-hydrogen) atoms. The maximum absolute atomic E-state index is 14.1. The molecule has 2 aromatic heterocycles. The first-order valence-corrected chi connectivity index (χ1v) is 19.2. The van der Waals surface area contributed by atoms with Gasteiger partial charge in [0.2, 0.25) is 15.9 Å². The summed E-state index contributed by atoms with van der Waals surface area (Å²) in [6, 6.07) is 9.56. The third-order valence-electron chi connectivity index (χ3n) is 9.54. The molecule has 1 aromatic carbocycles. The predicted octanol–water partition coefficient (Wildman–Crippen LogP) is 3.21. The monoisotopic (exact) mass is 722 g/mol. The third-order valence-corrected chi connectivity index (χ3v) is 11.8. The van der Waals surface area contributed by atoms with E-state index >= 15 is 0 Å². The molecule has 2 saturated heterocycles. The van der Waals surface area contributed by atoms with Crippen molar-refractivity contribution in [2.45, 2.75) is 68.0 Å². The van der Waals surface area contributed by atoms with Gasteiger partial charge in [-0.15, -0.1) is 11.8 Å². The fourth-order valence-corrected chi connectivity index (χ4v) is 8.74. The molecule has 16 heteroatoms. The Morgan fingerprint density at radius 2 is 1.86 bits per heavy atom. The van der Waals surface area contributed by atoms with E-state index in [0.29, 0.717) is 48.7 Å². The molecule has 0 radical (unpaired) electrons. The van der Waals surface area contributed by atoms with Crippen molar-refractivity contribution in [3.05, 3.63) is 65.1 Å². The van der Waals surface area contributed by atoms with Gasteiger partial charge in [-0.2, -0.15) is 22.6 Å². The van der Waals surface area contributed by atoms with E-state index in [2.05, 4.69) is 9.88 Å². The molecule has 3 aliphatic rings. The summed E-state index contributed by atoms with van der Waals surface area (Å²) >= 11 is 0.773. The van der Waals surface area contributed by atoms with Crippen molar-refractivity contribution in [2.24, 2.45) is 0 Å². The van der Waals surface area contributed by atoms with Crippen molar-refractivity contribution >= 4 is 27.7 Å². The Hall–Kier alpha value is -3.02. The van der Waals surface area contributed by atoms with Crippen molar-refractivity contribution in [1.82, 2.24) is 28.9 Å². The summed E-state index contributed by atoms with van der Waals surface area (Å²) < 4.78 is 70.3. The second-order valence-electron chi connectivity index (χ2n) is 13.1. The number of aliphatic hydroxyl groups is 2. The first-order valence-electron chi connectivity index (χ1n) is 16.4. The van der Waals surface area contributed by atoms with Gasteiger partial charge < -0.3 is 20.0 Å². The average Bonchev–Trinajstić information content (AvgIpc) is 3.66. The molecular weight excluding hydrogens is 682 g/mol. The number of amides is 1. The Labute approximate surface area is 288 Å². The van der Waals surface area contributed by atoms with Gasteiger partial charge in [0.05, 0.1) is 42.0 Å². The number of likely N-dealkylation sites (tertiary alicyclic amines) is 2. The number of sulfonamides is 1. The molecule has 2 fully saturated rings. The normalized spacial score (nSPS) is 20.4. The smallest absolute Gasteiger partial charge is 0.391 e. The van der Waals surface area contributed by atoms with Gasteiger partial charge in [0.15, 0.2) is 0 Å². The quantitative estimate of drug-likeness (QED) is 0.303. The first kappa shape index (κ1) is 35.8. The van der Waals surface area contributed by atoms with Gasteiger partial charge in [0.25, 0.3) is 0 Å². The zero-order valence-electron chi connectivity index (χ0n) is 27.2. The number of carbonyl (C=O) groups is 1. The Balaban J connectivity index is 1.23. The summed E-state index contributed by atoms with van der Waals surface area (Å²) in [5.74, 6) is -0.231. The van der Waals surface area contributed by atoms with Crippen molar-refractivity contribution in [2.75, 3.05) is 51.3 Å². The molecule has 2 atom stereocenters. The maximum Gasteiger partial charge on any atom is 0.417 e. The average molecular weight is 723 g/mol. The fraction of sp³-hybridized carbons (Fsp3) is 0.545. The van der Waals surface area contributed by atoms with Crippen molar-refractivity contribution < 1.29 is 36.6 Å². The van der Waals surface area contributed by atoms with Crippen LogP contribution in [0.5, 0.6) is 0 Å². The Bertz CT molecular complexity index is 1750. The van der Waals surface area contributed by atoms with Crippen LogP contribution in [-0.4, -0.2) is 117 Å². The number of carbonyl (C=O) groups excluding carboxylic acids is 1. The minimum absolute atomic E-state index is 0.0000983. The van der Waals surface area contributed by atoms with E-state index in [1.165, 1.54) is 21.3 Å². The van der Waals surface area contributed by atoms with Crippen LogP contribution in [0, 0.1) is 0 Å². The highest BCUT2D eigenvalue weighted by Gasteiger charge is 2.36. The first-order chi connectivity index (χ1) is 23.3. The van der Waals surface area contributed by atoms with Crippen LogP contribution < -0.4 is 0 Å². The van der Waals surface area contributed by atoms with Gasteiger partial charge in [0, 0.05) is 78.7 Å². The molecular formula is C33H41F3N6O5S2. The van der Waals surface area contributed by atoms with Crippen LogP contribution >= 0.6 is 11.8 Å². The summed E-state index contributed by atoms with van der Waals surface area (Å²) in [6.07, 6.45) is -0.579. The number of hydrogen-bond donors (Lipinski definition) is 2. The lowest BCUT2D eigenvalue weighted by Gasteiger charge is -2.33. The molecule has 3 aromatic rings. The van der Waals surface area contributed by atoms with E-state index in [-0.39, 0.29) is 42.7 Å². The summed E-state index contributed by atoms with van der Waals surface area (Å²) in [5, 5.41) is 25.8. The number of thioether (sulfide) groups is 1. The van der Waals surface area contributed by atoms with Crippen LogP contribution in [0.25, 0.3) is 11.3 Å². The summed E-state index contributed by atoms with van der Waals surface area (Å²) in [5.41, 5.74) is 2.21. The van der Waals surface area contributed by atoms with Crippen LogP contribution in [-0.2, 0) is 40.5 Å². The summed E-state index contributed by atoms with van der Waals surface area (Å²) in [7, 11) is -3.57. The highest BCUT2D eigenvalue weighted by molar-refractivity contribution is 8.00. The zero-order valence-corrected chi connectivity index (χ0v) is 28.9. The zero-order chi connectivity index (χ0) is 34.9. The van der Waals surface area contributed by atoms with Gasteiger partial charge in [-0.3, -0.25) is 14.5 Å². The third kappa shape index (κ3) is 8.48. The number of pyridine rings is 1. The molecule has 0 aliphatic carbocycles. The lowest BCUT2D eigenvalue weighted by Crippen LogP contribution is -2.40. The molecule has 0 bridgehead atoms. The fourth-order valence-electron chi connectivity index (χ4n) is 6.94. The van der Waals surface area contributed by atoms with E-state index in [4.69, 9.17) is 5.10 Å². The number of aromatic nitrogens is 3. The van der Waals surface area contributed by atoms with Gasteiger partial charge in [0.1, 0.15) is 0 Å². The molecule has 0 saturated carbocycles. The van der Waals surface area contributed by atoms with E-state index < -0.39 is 34.0 Å². The topological polar surface area (TPSA) is 132 Å². The second-order valence-corrected chi connectivity index (χ2v) is 16.1. The number of aliphatic hydroxyl groups excluding tert-OH is 2. The van der Waals surface area contributed by atoms with Gasteiger partial charge in [-0.25, -0.2) is 8.42 Å². The van der Waals surface area contributed by atoms with Crippen molar-refractivity contribution in [1.29, 1.82) is 0 Å². The number of benzene rings is 1. The number of rotatable bonds is 10. The lowest BCUT2D eigenvalue weighted by atomic mass is 9.93. The molecule has 2 N–H and O–H groups in total. The van der Waals surface area contributed by atoms with Crippen LogP contribution in [0.3, 0.4) is 0 Å². The highest BCUT2D eigenvalue weighted by atomic mass is 32.2. The van der Waals surface area contributed by atoms with Crippen LogP contribution in [0.1, 0.15) is 47.7 Å². The van der Waals surface area contributed by atoms with Crippen molar-refractivity contribution in [3.8, 4) is 11.3 Å². The molecule has 3 aliphatic heterocycles. The number of fused-ring (bicyclic) bond motifs is 1. The largest absolute Gasteiger partial charge is 0.417 e. The van der Waals surface area contributed by atoms with Crippen LogP contribution in [0.15, 0.2) is 47.5 Å². The van der Waals surface area contributed by atoms with Gasteiger partial charge in [-0.1, -0.05) is 12.1 Å². The SMILES string of the molecule is CS(=O)(=O)N1CCc2c(c(-c3ccc(C(F)(F)F)c(SCC(=O)N4CC[C@@H](O)C4)c3)nn2CC(O)CN2CCC(c3ccccn3)CC2)C1. The molecule has 6 rings (SSSR count). The molecule has 1 unspecified atom stereocenters. The number of piperidine rings is 1. The molecule has 0 spiro atoms. The standard InChI is InChI=1S/C33H41F3N6O5S2/c1-49(46,47)41-15-10-29-26(20-41)32(38-42(29)19-25(44)17-39-12-7-22(8-13-39)28-4-2-3-11-37-28)23-5-6-27(33(34,35)36)30(16-23)48-21-31(45)40-14-9-24(43)18-40/h2-6,11,16,22,24-25,43-44H,7-10,12-15,17-21H2,1H3/t24-,25?/m1/s1. The Morgan fingerprint density at radius 3 is 2.51 bits per heavy atom. The molecule has 5 heterocycles. The number of nitrogens with zero attached hydrogens (tertiary/aromatic N) is 6. The van der Waals surface area contributed by atoms with E-state index in [1.807, 2.05) is 18.2 Å². The van der Waals surface area contributed by atoms with Crippen LogP contribution in [0.4, 0.5) is 13.2 Å². The molecule has 1 amide bonds. The second kappa shape index (κ2) is 14.7. The summed E-state index contributed by atoms with van der Waals surface area (Å²) in [6.45, 7) is 2.88. The number of hydrogen-bond acceptors (Lipinski definition) is 9. The summed E-state index contributed by atoms with van der Waals surface area (Å²) in [4.78, 5) is 20.7. The number of β-amino-alcohol motifs (C(OH)–C–C–N with tert-alkyl or cyclic N) is 2. The van der Waals surface area contributed by atoms with Crippen LogP contribution in [0.2, 0.25) is 0 Å². The van der Waals surface area contributed by atoms with E-state index in [0.717, 1.165) is 61.4 Å². The van der Waals surface area contributed by atoms with E-state index in [1.54, 1.807) is 10.9 Å². The lowest BCUT2D eigenvalue weighted by molar-refractivity contribution is -0.139. The Kier molecular flexibility index (Phi) is 10.7. The predicted molar refractivity (Wildman–Crippen MR) is 178 cm³/mol. The molecule has 266 valence electrons. The number of halogens is 3. The minimum Gasteiger partial charge on any atom is -0.391 e. The minimum atomic E-state index is -4.67. The van der Waals surface area contributed by atoms with E-state index in [9.17, 15) is 36.6 Å². The highest BCUT2D eigenvalue weighted by Crippen LogP contribution is 2.40. The van der Waals surface area contributed by atoms with Crippen molar-refractivity contribution in [3.63, 3.8) is 0 Å². The van der Waals surface area contributed by atoms with Gasteiger partial charge in [-0.05, 0) is 56.6 Å². The van der Waals surface area contributed by atoms with Gasteiger partial charge >= 0.3 is 6.18 Å².